The van der Waals surface area contributed by atoms with E-state index in [1.54, 1.807) is 0 Å². The molecule has 3 N–H and O–H groups in total. The Hall–Kier alpha value is -2.16. The van der Waals surface area contributed by atoms with Gasteiger partial charge in [0.15, 0.2) is 0 Å². The van der Waals surface area contributed by atoms with Crippen LogP contribution >= 0.6 is 0 Å². The molecule has 0 bridgehead atoms. The Kier molecular flexibility index (Phi) is 4.73. The minimum absolute atomic E-state index is 0.129. The maximum Gasteiger partial charge on any atom is 0.123 e. The van der Waals surface area contributed by atoms with Crippen LogP contribution in [0.5, 0.6) is 5.75 Å². The predicted molar refractivity (Wildman–Crippen MR) is 90.4 cm³/mol. The standard InChI is InChI=1S/C18H24N2O/c1-12(2)14-6-5-7-16(8-14)20-17-9-15(19)10-18(11-17)21-13(3)4/h5-13,20H,19H2,1-4H3. The number of nitrogen functional groups attached to an aromatic ring is 1. The number of nitrogens with two attached hydrogens (primary N) is 1. The number of hydrogen-bond donors (Lipinski definition) is 2. The third-order valence-corrected chi connectivity index (χ3v) is 3.14. The summed E-state index contributed by atoms with van der Waals surface area (Å²) < 4.78 is 5.72. The summed E-state index contributed by atoms with van der Waals surface area (Å²) in [7, 11) is 0. The molecule has 0 amide bonds. The molecule has 0 aliphatic rings. The molecular weight excluding hydrogens is 260 g/mol. The molecule has 0 fully saturated rings. The smallest absolute Gasteiger partial charge is 0.123 e. The Bertz CT molecular complexity index is 606. The minimum Gasteiger partial charge on any atom is -0.491 e. The van der Waals surface area contributed by atoms with Gasteiger partial charge in [-0.05, 0) is 43.5 Å². The second kappa shape index (κ2) is 6.53. The number of ether oxygens (including phenoxy) is 1. The molecule has 0 spiro atoms. The third-order valence-electron chi connectivity index (χ3n) is 3.14. The van der Waals surface area contributed by atoms with Crippen molar-refractivity contribution in [3.63, 3.8) is 0 Å². The van der Waals surface area contributed by atoms with Gasteiger partial charge in [-0.1, -0.05) is 26.0 Å². The van der Waals surface area contributed by atoms with Crippen LogP contribution in [0.15, 0.2) is 42.5 Å². The average Bonchev–Trinajstić information content (AvgIpc) is 2.37. The minimum atomic E-state index is 0.129. The molecule has 0 atom stereocenters. The monoisotopic (exact) mass is 284 g/mol. The van der Waals surface area contributed by atoms with Crippen molar-refractivity contribution in [1.29, 1.82) is 0 Å². The van der Waals surface area contributed by atoms with E-state index >= 15 is 0 Å². The summed E-state index contributed by atoms with van der Waals surface area (Å²) in [5.74, 6) is 1.29. The highest BCUT2D eigenvalue weighted by atomic mass is 16.5. The molecule has 2 aromatic rings. The van der Waals surface area contributed by atoms with Gasteiger partial charge < -0.3 is 15.8 Å². The first-order valence-electron chi connectivity index (χ1n) is 7.38. The lowest BCUT2D eigenvalue weighted by molar-refractivity contribution is 0.242. The van der Waals surface area contributed by atoms with Crippen molar-refractivity contribution < 1.29 is 4.74 Å². The zero-order valence-corrected chi connectivity index (χ0v) is 13.2. The SMILES string of the molecule is CC(C)Oc1cc(N)cc(Nc2cccc(C(C)C)c2)c1. The summed E-state index contributed by atoms with van der Waals surface area (Å²) in [5, 5.41) is 3.39. The van der Waals surface area contributed by atoms with Gasteiger partial charge in [-0.2, -0.15) is 0 Å². The quantitative estimate of drug-likeness (QED) is 0.766. The Morgan fingerprint density at radius 1 is 0.952 bits per heavy atom. The lowest BCUT2D eigenvalue weighted by Gasteiger charge is -2.14. The van der Waals surface area contributed by atoms with E-state index in [9.17, 15) is 0 Å². The van der Waals surface area contributed by atoms with Crippen molar-refractivity contribution in [3.8, 4) is 5.75 Å². The van der Waals surface area contributed by atoms with E-state index in [0.29, 0.717) is 11.6 Å². The first-order valence-corrected chi connectivity index (χ1v) is 7.38. The fourth-order valence-corrected chi connectivity index (χ4v) is 2.18. The van der Waals surface area contributed by atoms with Gasteiger partial charge in [0.05, 0.1) is 6.10 Å². The summed E-state index contributed by atoms with van der Waals surface area (Å²) in [6.07, 6.45) is 0.129. The number of nitrogens with one attached hydrogen (secondary N) is 1. The zero-order chi connectivity index (χ0) is 15.4. The van der Waals surface area contributed by atoms with Gasteiger partial charge in [0.2, 0.25) is 0 Å². The summed E-state index contributed by atoms with van der Waals surface area (Å²) in [4.78, 5) is 0. The van der Waals surface area contributed by atoms with E-state index in [-0.39, 0.29) is 6.10 Å². The van der Waals surface area contributed by atoms with Crippen molar-refractivity contribution in [1.82, 2.24) is 0 Å². The molecule has 2 aromatic carbocycles. The molecule has 21 heavy (non-hydrogen) atoms. The predicted octanol–water partition coefficient (Wildman–Crippen LogP) is 4.92. The Morgan fingerprint density at radius 2 is 1.71 bits per heavy atom. The van der Waals surface area contributed by atoms with Crippen LogP contribution in [0.2, 0.25) is 0 Å². The Morgan fingerprint density at radius 3 is 2.38 bits per heavy atom. The number of rotatable bonds is 5. The van der Waals surface area contributed by atoms with Crippen LogP contribution in [-0.4, -0.2) is 6.10 Å². The Balaban J connectivity index is 2.22. The lowest BCUT2D eigenvalue weighted by atomic mass is 10.0. The van der Waals surface area contributed by atoms with Gasteiger partial charge in [-0.25, -0.2) is 0 Å². The van der Waals surface area contributed by atoms with Gasteiger partial charge >= 0.3 is 0 Å². The van der Waals surface area contributed by atoms with E-state index in [2.05, 4.69) is 43.4 Å². The molecule has 3 nitrogen and oxygen atoms in total. The highest BCUT2D eigenvalue weighted by Crippen LogP contribution is 2.27. The summed E-state index contributed by atoms with van der Waals surface area (Å²) in [5.41, 5.74) is 9.94. The average molecular weight is 284 g/mol. The van der Waals surface area contributed by atoms with E-state index < -0.39 is 0 Å². The molecule has 0 unspecified atom stereocenters. The lowest BCUT2D eigenvalue weighted by Crippen LogP contribution is -2.06. The molecule has 2 rings (SSSR count). The maximum absolute atomic E-state index is 5.95. The van der Waals surface area contributed by atoms with E-state index in [1.807, 2.05) is 32.0 Å². The fourth-order valence-electron chi connectivity index (χ4n) is 2.18. The van der Waals surface area contributed by atoms with Gasteiger partial charge in [0, 0.05) is 29.2 Å². The Labute approximate surface area is 127 Å². The molecule has 0 radical (unpaired) electrons. The molecule has 0 aliphatic heterocycles. The molecule has 0 aliphatic carbocycles. The van der Waals surface area contributed by atoms with Crippen LogP contribution in [0.1, 0.15) is 39.2 Å². The summed E-state index contributed by atoms with van der Waals surface area (Å²) in [6.45, 7) is 8.38. The molecule has 3 heteroatoms. The fraction of sp³-hybridized carbons (Fsp3) is 0.333. The topological polar surface area (TPSA) is 47.3 Å². The maximum atomic E-state index is 5.95. The van der Waals surface area contributed by atoms with Crippen molar-refractivity contribution >= 4 is 17.1 Å². The third kappa shape index (κ3) is 4.42. The molecular formula is C18H24N2O. The van der Waals surface area contributed by atoms with Gasteiger partial charge in [-0.3, -0.25) is 0 Å². The second-order valence-electron chi connectivity index (χ2n) is 5.86. The van der Waals surface area contributed by atoms with Crippen LogP contribution in [-0.2, 0) is 0 Å². The van der Waals surface area contributed by atoms with Gasteiger partial charge in [0.25, 0.3) is 0 Å². The van der Waals surface area contributed by atoms with Crippen molar-refractivity contribution in [2.24, 2.45) is 0 Å². The van der Waals surface area contributed by atoms with Crippen LogP contribution in [0, 0.1) is 0 Å². The number of benzene rings is 2. The first kappa shape index (κ1) is 15.2. The van der Waals surface area contributed by atoms with Crippen LogP contribution in [0.25, 0.3) is 0 Å². The summed E-state index contributed by atoms with van der Waals surface area (Å²) in [6, 6.07) is 14.1. The van der Waals surface area contributed by atoms with Crippen LogP contribution in [0.4, 0.5) is 17.1 Å². The molecule has 112 valence electrons. The van der Waals surface area contributed by atoms with Crippen LogP contribution in [0.3, 0.4) is 0 Å². The van der Waals surface area contributed by atoms with E-state index in [0.717, 1.165) is 17.1 Å². The molecule has 0 aromatic heterocycles. The zero-order valence-electron chi connectivity index (χ0n) is 13.2. The van der Waals surface area contributed by atoms with E-state index in [1.165, 1.54) is 5.56 Å². The first-order chi connectivity index (χ1) is 9.94. The molecule has 0 saturated carbocycles. The highest BCUT2D eigenvalue weighted by Gasteiger charge is 2.04. The second-order valence-corrected chi connectivity index (χ2v) is 5.86. The van der Waals surface area contributed by atoms with Crippen molar-refractivity contribution in [2.75, 3.05) is 11.1 Å². The van der Waals surface area contributed by atoms with Crippen molar-refractivity contribution in [2.45, 2.75) is 39.7 Å². The normalized spacial score (nSPS) is 11.0. The number of anilines is 3. The van der Waals surface area contributed by atoms with Gasteiger partial charge in [-0.15, -0.1) is 0 Å². The van der Waals surface area contributed by atoms with Crippen molar-refractivity contribution in [3.05, 3.63) is 48.0 Å². The van der Waals surface area contributed by atoms with Gasteiger partial charge in [0.1, 0.15) is 5.75 Å². The largest absolute Gasteiger partial charge is 0.491 e. The van der Waals surface area contributed by atoms with E-state index in [4.69, 9.17) is 10.5 Å². The molecule has 0 heterocycles. The summed E-state index contributed by atoms with van der Waals surface area (Å²) >= 11 is 0. The van der Waals surface area contributed by atoms with Crippen LogP contribution < -0.4 is 15.8 Å². The molecule has 0 saturated heterocycles. The number of hydrogen-bond acceptors (Lipinski definition) is 3. The highest BCUT2D eigenvalue weighted by molar-refractivity contribution is 5.66.